The molecule has 0 amide bonds. The van der Waals surface area contributed by atoms with Gasteiger partial charge in [-0.3, -0.25) is 4.52 Å². The molecule has 0 atom stereocenters. The van der Waals surface area contributed by atoms with E-state index in [1.54, 1.807) is 0 Å². The summed E-state index contributed by atoms with van der Waals surface area (Å²) in [6.07, 6.45) is 0. The minimum atomic E-state index is -4.54. The number of hydrogen-bond acceptors (Lipinski definition) is 3. The maximum atomic E-state index is 10.8. The Labute approximate surface area is 45.3 Å². The monoisotopic (exact) mass is 147 g/mol. The van der Waals surface area contributed by atoms with Gasteiger partial charge in [0, 0.05) is 0 Å². The normalized spacial score (nSPS) is 10.4. The Hall–Kier alpha value is -0.0000000000000000555. The molecule has 8 heavy (non-hydrogen) atoms. The van der Waals surface area contributed by atoms with Crippen molar-refractivity contribution in [1.82, 2.24) is 6.15 Å². The first kappa shape index (κ1) is 10.9. The first-order valence-electron chi connectivity index (χ1n) is 1.32. The smallest absolute Gasteiger partial charge is 0.344 e. The maximum absolute atomic E-state index is 10.8. The minimum Gasteiger partial charge on any atom is -0.344 e. The van der Waals surface area contributed by atoms with Gasteiger partial charge < -0.3 is 15.9 Å². The zero-order chi connectivity index (χ0) is 5.91. The van der Waals surface area contributed by atoms with Gasteiger partial charge in [0.1, 0.15) is 0 Å². The van der Waals surface area contributed by atoms with E-state index in [-0.39, 0.29) is 6.15 Å². The van der Waals surface area contributed by atoms with Crippen molar-refractivity contribution in [2.75, 3.05) is 6.86 Å². The van der Waals surface area contributed by atoms with E-state index >= 15 is 0 Å². The summed E-state index contributed by atoms with van der Waals surface area (Å²) in [5, 5.41) is 0. The molecule has 7 heteroatoms. The fourth-order valence-corrected chi connectivity index (χ4v) is 0.191. The van der Waals surface area contributed by atoms with E-state index in [0.29, 0.717) is 0 Å². The lowest BCUT2D eigenvalue weighted by Crippen LogP contribution is -1.83. The molecule has 5 N–H and O–H groups in total. The molecule has 0 aliphatic rings. The predicted molar refractivity (Wildman–Crippen MR) is 24.1 cm³/mol. The predicted octanol–water partition coefficient (Wildman–Crippen LogP) is 0.185. The van der Waals surface area contributed by atoms with Gasteiger partial charge in [-0.1, -0.05) is 0 Å². The molecule has 5 nitrogen and oxygen atoms in total. The lowest BCUT2D eigenvalue weighted by Gasteiger charge is -1.96. The average Bonchev–Trinajstić information content (AvgIpc) is 1.30. The summed E-state index contributed by atoms with van der Waals surface area (Å²) in [5.41, 5.74) is 0. The molecule has 0 saturated carbocycles. The van der Waals surface area contributed by atoms with Crippen LogP contribution in [0.3, 0.4) is 0 Å². The van der Waals surface area contributed by atoms with Crippen LogP contribution in [0.1, 0.15) is 0 Å². The zero-order valence-corrected chi connectivity index (χ0v) is 4.84. The van der Waals surface area contributed by atoms with Crippen molar-refractivity contribution in [3.05, 3.63) is 0 Å². The van der Waals surface area contributed by atoms with E-state index in [4.69, 9.17) is 9.79 Å². The van der Waals surface area contributed by atoms with Crippen LogP contribution in [-0.2, 0) is 9.09 Å². The largest absolute Gasteiger partial charge is 0.471 e. The Morgan fingerprint density at radius 3 is 2.00 bits per heavy atom. The molecule has 0 aromatic rings. The van der Waals surface area contributed by atoms with E-state index in [9.17, 15) is 8.96 Å². The molecule has 0 bridgehead atoms. The number of alkyl halides is 1. The second kappa shape index (κ2) is 3.94. The van der Waals surface area contributed by atoms with Gasteiger partial charge in [-0.25, -0.2) is 8.96 Å². The number of rotatable bonds is 2. The molecule has 0 spiro atoms. The maximum Gasteiger partial charge on any atom is 0.471 e. The lowest BCUT2D eigenvalue weighted by atomic mass is 11.6. The van der Waals surface area contributed by atoms with Crippen LogP contribution in [0, 0.1) is 0 Å². The summed E-state index contributed by atoms with van der Waals surface area (Å²) < 4.78 is 23.5. The molecule has 0 radical (unpaired) electrons. The fourth-order valence-electron chi connectivity index (χ4n) is 0.0636. The van der Waals surface area contributed by atoms with E-state index < -0.39 is 14.7 Å². The Balaban J connectivity index is 0. The molecular weight excluding hydrogens is 140 g/mol. The number of hydrogen-bond donors (Lipinski definition) is 3. The van der Waals surface area contributed by atoms with E-state index in [1.807, 2.05) is 0 Å². The van der Waals surface area contributed by atoms with E-state index in [2.05, 4.69) is 4.52 Å². The second-order valence-corrected chi connectivity index (χ2v) is 1.97. The third-order valence-corrected chi connectivity index (χ3v) is 0.651. The highest BCUT2D eigenvalue weighted by atomic mass is 31.2. The number of halogens is 1. The molecule has 0 aliphatic carbocycles. The standard InChI is InChI=1S/CH4FO4P.H3N/c2-1-6-7(3,4)5;/h1H2,(H2,3,4,5);1H3. The molecule has 0 aromatic heterocycles. The Morgan fingerprint density at radius 2 is 2.00 bits per heavy atom. The van der Waals surface area contributed by atoms with Crippen molar-refractivity contribution in [1.29, 1.82) is 0 Å². The van der Waals surface area contributed by atoms with Crippen LogP contribution in [0.5, 0.6) is 0 Å². The van der Waals surface area contributed by atoms with Crippen LogP contribution in [0.15, 0.2) is 0 Å². The zero-order valence-electron chi connectivity index (χ0n) is 3.95. The molecule has 0 aliphatic heterocycles. The molecule has 0 aromatic carbocycles. The Morgan fingerprint density at radius 1 is 1.62 bits per heavy atom. The van der Waals surface area contributed by atoms with Gasteiger partial charge in [0.2, 0.25) is 0 Å². The highest BCUT2D eigenvalue weighted by molar-refractivity contribution is 7.46. The van der Waals surface area contributed by atoms with Crippen LogP contribution in [0.2, 0.25) is 0 Å². The molecule has 0 fully saturated rings. The third-order valence-electron chi connectivity index (χ3n) is 0.217. The minimum absolute atomic E-state index is 0. The molecule has 0 heterocycles. The molecule has 0 rings (SSSR count). The molecule has 0 unspecified atom stereocenters. The van der Waals surface area contributed by atoms with Crippen molar-refractivity contribution in [2.45, 2.75) is 0 Å². The summed E-state index contributed by atoms with van der Waals surface area (Å²) in [7, 11) is -4.54. The Kier molecular flexibility index (Phi) is 5.36. The fraction of sp³-hybridized carbons (Fsp3) is 1.00. The third kappa shape index (κ3) is 9.38. The summed E-state index contributed by atoms with van der Waals surface area (Å²) >= 11 is 0. The van der Waals surface area contributed by atoms with Crippen LogP contribution >= 0.6 is 7.82 Å². The quantitative estimate of drug-likeness (QED) is 0.483. The van der Waals surface area contributed by atoms with E-state index in [0.717, 1.165) is 0 Å². The van der Waals surface area contributed by atoms with Crippen LogP contribution in [-0.4, -0.2) is 16.6 Å². The summed E-state index contributed by atoms with van der Waals surface area (Å²) in [4.78, 5) is 15.3. The van der Waals surface area contributed by atoms with Crippen molar-refractivity contribution in [2.24, 2.45) is 0 Å². The van der Waals surface area contributed by atoms with Crippen molar-refractivity contribution in [3.8, 4) is 0 Å². The van der Waals surface area contributed by atoms with Gasteiger partial charge in [0.05, 0.1) is 0 Å². The average molecular weight is 147 g/mol. The topological polar surface area (TPSA) is 102 Å². The van der Waals surface area contributed by atoms with Crippen LogP contribution in [0.25, 0.3) is 0 Å². The van der Waals surface area contributed by atoms with Crippen LogP contribution < -0.4 is 6.15 Å². The van der Waals surface area contributed by atoms with E-state index in [1.165, 1.54) is 0 Å². The van der Waals surface area contributed by atoms with Crippen molar-refractivity contribution in [3.63, 3.8) is 0 Å². The summed E-state index contributed by atoms with van der Waals surface area (Å²) in [6.45, 7) is -1.45. The SMILES string of the molecule is N.O=P(O)(O)OCF. The molecule has 52 valence electrons. The van der Waals surface area contributed by atoms with Crippen LogP contribution in [0.4, 0.5) is 4.39 Å². The lowest BCUT2D eigenvalue weighted by molar-refractivity contribution is 0.131. The highest BCUT2D eigenvalue weighted by Crippen LogP contribution is 2.35. The first-order chi connectivity index (χ1) is 3.06. The number of phosphoric acid groups is 1. The number of phosphoric ester groups is 1. The van der Waals surface area contributed by atoms with Gasteiger partial charge in [-0.2, -0.15) is 0 Å². The van der Waals surface area contributed by atoms with Gasteiger partial charge in [-0.15, -0.1) is 0 Å². The van der Waals surface area contributed by atoms with Crippen molar-refractivity contribution >= 4 is 7.82 Å². The van der Waals surface area contributed by atoms with Gasteiger partial charge in [0.25, 0.3) is 0 Å². The molecular formula is CH7FNO4P. The second-order valence-electron chi connectivity index (χ2n) is 0.729. The summed E-state index contributed by atoms with van der Waals surface area (Å²) in [6, 6.07) is 0. The van der Waals surface area contributed by atoms with Crippen molar-refractivity contribution < 1.29 is 23.3 Å². The molecule has 0 saturated heterocycles. The van der Waals surface area contributed by atoms with Gasteiger partial charge in [0.15, 0.2) is 6.86 Å². The van der Waals surface area contributed by atoms with Gasteiger partial charge >= 0.3 is 7.82 Å². The summed E-state index contributed by atoms with van der Waals surface area (Å²) in [5.74, 6) is 0. The highest BCUT2D eigenvalue weighted by Gasteiger charge is 2.11. The first-order valence-corrected chi connectivity index (χ1v) is 2.85. The Bertz CT molecular complexity index is 90.0. The van der Waals surface area contributed by atoms with Gasteiger partial charge in [-0.05, 0) is 0 Å².